The maximum atomic E-state index is 6.43. The quantitative estimate of drug-likeness (QED) is 0.802. The summed E-state index contributed by atoms with van der Waals surface area (Å²) >= 11 is 1.98. The number of nitrogens with zero attached hydrogens (tertiary/aromatic N) is 2. The van der Waals surface area contributed by atoms with Crippen molar-refractivity contribution in [2.75, 3.05) is 17.2 Å². The van der Waals surface area contributed by atoms with E-state index in [1.807, 2.05) is 11.8 Å². The van der Waals surface area contributed by atoms with E-state index in [1.165, 1.54) is 62.2 Å². The van der Waals surface area contributed by atoms with E-state index in [1.54, 1.807) is 0 Å². The minimum absolute atomic E-state index is 0.659. The summed E-state index contributed by atoms with van der Waals surface area (Å²) in [6.45, 7) is 2.21. The summed E-state index contributed by atoms with van der Waals surface area (Å²) < 4.78 is 2.40. The zero-order chi connectivity index (χ0) is 13.9. The van der Waals surface area contributed by atoms with E-state index >= 15 is 0 Å². The van der Waals surface area contributed by atoms with Crippen molar-refractivity contribution in [3.05, 3.63) is 11.5 Å². The predicted octanol–water partition coefficient (Wildman–Crippen LogP) is 4.14. The summed E-state index contributed by atoms with van der Waals surface area (Å²) in [5.74, 6) is 5.29. The van der Waals surface area contributed by atoms with Crippen LogP contribution >= 0.6 is 11.8 Å². The standard InChI is InChI=1S/C16H27N3S/c1-2-20-11-10-14-15(17)19(13-8-9-13)16(18-14)12-6-4-3-5-7-12/h12-13H,2-11,17H2,1H3. The van der Waals surface area contributed by atoms with Gasteiger partial charge in [-0.2, -0.15) is 11.8 Å². The molecule has 2 saturated carbocycles. The van der Waals surface area contributed by atoms with Crippen LogP contribution in [0.5, 0.6) is 0 Å². The number of aryl methyl sites for hydroxylation is 1. The lowest BCUT2D eigenvalue weighted by atomic mass is 9.88. The van der Waals surface area contributed by atoms with Crippen LogP contribution in [0.4, 0.5) is 5.82 Å². The van der Waals surface area contributed by atoms with Crippen LogP contribution in [0.25, 0.3) is 0 Å². The predicted molar refractivity (Wildman–Crippen MR) is 87.4 cm³/mol. The van der Waals surface area contributed by atoms with Crippen LogP contribution in [0.3, 0.4) is 0 Å². The Morgan fingerprint density at radius 2 is 1.95 bits per heavy atom. The fraction of sp³-hybridized carbons (Fsp3) is 0.812. The lowest BCUT2D eigenvalue weighted by Gasteiger charge is -2.22. The Morgan fingerprint density at radius 3 is 2.60 bits per heavy atom. The lowest BCUT2D eigenvalue weighted by Crippen LogP contribution is -2.12. The number of hydrogen-bond donors (Lipinski definition) is 1. The molecule has 0 unspecified atom stereocenters. The largest absolute Gasteiger partial charge is 0.384 e. The maximum Gasteiger partial charge on any atom is 0.127 e. The van der Waals surface area contributed by atoms with E-state index in [9.17, 15) is 0 Å². The lowest BCUT2D eigenvalue weighted by molar-refractivity contribution is 0.416. The molecule has 4 heteroatoms. The first-order chi connectivity index (χ1) is 9.81. The second-order valence-electron chi connectivity index (χ2n) is 6.18. The molecule has 112 valence electrons. The molecule has 0 atom stereocenters. The molecule has 0 saturated heterocycles. The average molecular weight is 293 g/mol. The van der Waals surface area contributed by atoms with E-state index in [0.717, 1.165) is 18.0 Å². The second kappa shape index (κ2) is 6.42. The highest BCUT2D eigenvalue weighted by Gasteiger charge is 2.32. The number of thioether (sulfide) groups is 1. The third-order valence-corrected chi connectivity index (χ3v) is 5.52. The van der Waals surface area contributed by atoms with Gasteiger partial charge in [-0.25, -0.2) is 4.98 Å². The molecule has 20 heavy (non-hydrogen) atoms. The van der Waals surface area contributed by atoms with Gasteiger partial charge in [-0.1, -0.05) is 26.2 Å². The third kappa shape index (κ3) is 3.00. The van der Waals surface area contributed by atoms with E-state index in [0.29, 0.717) is 12.0 Å². The van der Waals surface area contributed by atoms with Crippen molar-refractivity contribution < 1.29 is 0 Å². The highest BCUT2D eigenvalue weighted by molar-refractivity contribution is 7.99. The third-order valence-electron chi connectivity index (χ3n) is 4.62. The topological polar surface area (TPSA) is 43.8 Å². The molecule has 1 aromatic heterocycles. The molecule has 2 aliphatic carbocycles. The van der Waals surface area contributed by atoms with E-state index in [4.69, 9.17) is 10.7 Å². The van der Waals surface area contributed by atoms with Crippen LogP contribution in [-0.4, -0.2) is 21.1 Å². The zero-order valence-electron chi connectivity index (χ0n) is 12.6. The Kier molecular flexibility index (Phi) is 4.59. The van der Waals surface area contributed by atoms with Gasteiger partial charge in [0.15, 0.2) is 0 Å². The van der Waals surface area contributed by atoms with Crippen molar-refractivity contribution in [2.24, 2.45) is 0 Å². The molecule has 2 N–H and O–H groups in total. The number of nitrogens with two attached hydrogens (primary N) is 1. The first kappa shape index (κ1) is 14.3. The number of nitrogen functional groups attached to an aromatic ring is 1. The van der Waals surface area contributed by atoms with Crippen LogP contribution in [-0.2, 0) is 6.42 Å². The molecule has 0 aromatic carbocycles. The molecule has 2 aliphatic rings. The van der Waals surface area contributed by atoms with Gasteiger partial charge in [0.1, 0.15) is 11.6 Å². The van der Waals surface area contributed by atoms with Crippen LogP contribution in [0.1, 0.15) is 75.3 Å². The Balaban J connectivity index is 1.81. The minimum atomic E-state index is 0.659. The number of hydrogen-bond acceptors (Lipinski definition) is 3. The number of aromatic nitrogens is 2. The van der Waals surface area contributed by atoms with Crippen molar-refractivity contribution in [3.8, 4) is 0 Å². The summed E-state index contributed by atoms with van der Waals surface area (Å²) in [6.07, 6.45) is 10.4. The monoisotopic (exact) mass is 293 g/mol. The van der Waals surface area contributed by atoms with Crippen LogP contribution in [0, 0.1) is 0 Å². The minimum Gasteiger partial charge on any atom is -0.384 e. The Bertz CT molecular complexity index is 445. The molecule has 2 fully saturated rings. The van der Waals surface area contributed by atoms with Gasteiger partial charge < -0.3 is 10.3 Å². The normalized spacial score (nSPS) is 20.4. The van der Waals surface area contributed by atoms with E-state index in [2.05, 4.69) is 11.5 Å². The van der Waals surface area contributed by atoms with Crippen LogP contribution in [0.2, 0.25) is 0 Å². The van der Waals surface area contributed by atoms with Gasteiger partial charge in [0.05, 0.1) is 5.69 Å². The molecule has 3 nitrogen and oxygen atoms in total. The van der Waals surface area contributed by atoms with Crippen molar-refractivity contribution in [1.29, 1.82) is 0 Å². The molecule has 3 rings (SSSR count). The van der Waals surface area contributed by atoms with Gasteiger partial charge in [-0.15, -0.1) is 0 Å². The molecule has 1 aromatic rings. The van der Waals surface area contributed by atoms with Gasteiger partial charge in [-0.3, -0.25) is 0 Å². The van der Waals surface area contributed by atoms with Gasteiger partial charge >= 0.3 is 0 Å². The molecular formula is C16H27N3S. The average Bonchev–Trinajstić information content (AvgIpc) is 3.26. The van der Waals surface area contributed by atoms with E-state index in [-0.39, 0.29) is 0 Å². The van der Waals surface area contributed by atoms with Crippen molar-refractivity contribution in [3.63, 3.8) is 0 Å². The molecular weight excluding hydrogens is 266 g/mol. The molecule has 0 aliphatic heterocycles. The van der Waals surface area contributed by atoms with Crippen molar-refractivity contribution in [2.45, 2.75) is 70.3 Å². The number of imidazole rings is 1. The van der Waals surface area contributed by atoms with Crippen molar-refractivity contribution >= 4 is 17.6 Å². The summed E-state index contributed by atoms with van der Waals surface area (Å²) in [4.78, 5) is 4.99. The smallest absolute Gasteiger partial charge is 0.127 e. The first-order valence-corrected chi connectivity index (χ1v) is 9.41. The van der Waals surface area contributed by atoms with Crippen LogP contribution in [0.15, 0.2) is 0 Å². The zero-order valence-corrected chi connectivity index (χ0v) is 13.4. The summed E-state index contributed by atoms with van der Waals surface area (Å²) in [5, 5.41) is 0. The van der Waals surface area contributed by atoms with Crippen molar-refractivity contribution in [1.82, 2.24) is 9.55 Å². The highest BCUT2D eigenvalue weighted by atomic mass is 32.2. The molecule has 0 spiro atoms. The number of rotatable bonds is 6. The Labute approximate surface area is 126 Å². The SMILES string of the molecule is CCSCCc1nc(C2CCCCC2)n(C2CC2)c1N. The van der Waals surface area contributed by atoms with E-state index < -0.39 is 0 Å². The first-order valence-electron chi connectivity index (χ1n) is 8.25. The molecule has 1 heterocycles. The van der Waals surface area contributed by atoms with Gasteiger partial charge in [-0.05, 0) is 37.2 Å². The maximum absolute atomic E-state index is 6.43. The highest BCUT2D eigenvalue weighted by Crippen LogP contribution is 2.43. The Hall–Kier alpha value is -0.640. The van der Waals surface area contributed by atoms with Gasteiger partial charge in [0.2, 0.25) is 0 Å². The van der Waals surface area contributed by atoms with Gasteiger partial charge in [0.25, 0.3) is 0 Å². The fourth-order valence-electron chi connectivity index (χ4n) is 3.37. The molecule has 0 bridgehead atoms. The molecule has 0 amide bonds. The van der Waals surface area contributed by atoms with Gasteiger partial charge in [0, 0.05) is 18.4 Å². The summed E-state index contributed by atoms with van der Waals surface area (Å²) in [7, 11) is 0. The van der Waals surface area contributed by atoms with Crippen LogP contribution < -0.4 is 5.73 Å². The summed E-state index contributed by atoms with van der Waals surface area (Å²) in [6, 6.07) is 0.659. The fourth-order valence-corrected chi connectivity index (χ4v) is 4.00. The number of anilines is 1. The molecule has 0 radical (unpaired) electrons. The second-order valence-corrected chi connectivity index (χ2v) is 7.58. The Morgan fingerprint density at radius 1 is 1.20 bits per heavy atom. The summed E-state index contributed by atoms with van der Waals surface area (Å²) in [5.41, 5.74) is 7.59.